The summed E-state index contributed by atoms with van der Waals surface area (Å²) in [5.41, 5.74) is 1.30. The topological polar surface area (TPSA) is 78.7 Å². The van der Waals surface area contributed by atoms with Gasteiger partial charge in [0, 0.05) is 31.6 Å². The van der Waals surface area contributed by atoms with Gasteiger partial charge in [0.2, 0.25) is 0 Å². The van der Waals surface area contributed by atoms with Crippen LogP contribution in [0.25, 0.3) is 10.9 Å². The van der Waals surface area contributed by atoms with Gasteiger partial charge < -0.3 is 19.3 Å². The number of benzene rings is 2. The maximum Gasteiger partial charge on any atom is 0.415 e. The van der Waals surface area contributed by atoms with Crippen molar-refractivity contribution in [2.24, 2.45) is 0 Å². The van der Waals surface area contributed by atoms with E-state index in [4.69, 9.17) is 14.5 Å². The fourth-order valence-electron chi connectivity index (χ4n) is 3.35. The largest absolute Gasteiger partial charge is 0.497 e. The molecule has 0 radical (unpaired) electrons. The number of hydrogen-bond acceptors (Lipinski definition) is 6. The van der Waals surface area contributed by atoms with Crippen LogP contribution in [0, 0.1) is 11.3 Å². The Bertz CT molecular complexity index is 1070. The molecule has 3 aromatic rings. The van der Waals surface area contributed by atoms with Gasteiger partial charge in [-0.25, -0.2) is 9.78 Å². The van der Waals surface area contributed by atoms with E-state index in [0.29, 0.717) is 43.3 Å². The highest BCUT2D eigenvalue weighted by Gasteiger charge is 2.25. The normalized spacial score (nSPS) is 13.8. The summed E-state index contributed by atoms with van der Waals surface area (Å²) in [5, 5.41) is 10.5. The Kier molecular flexibility index (Phi) is 5.16. The quantitative estimate of drug-likeness (QED) is 0.684. The second kappa shape index (κ2) is 8.07. The van der Waals surface area contributed by atoms with Gasteiger partial charge >= 0.3 is 6.09 Å². The number of rotatable bonds is 3. The number of ether oxygens (including phenoxy) is 2. The van der Waals surface area contributed by atoms with Crippen molar-refractivity contribution in [3.63, 3.8) is 0 Å². The van der Waals surface area contributed by atoms with Crippen molar-refractivity contribution in [3.8, 4) is 17.6 Å². The molecule has 0 atom stereocenters. The number of aromatic nitrogens is 1. The van der Waals surface area contributed by atoms with Crippen LogP contribution in [-0.4, -0.2) is 49.3 Å². The van der Waals surface area contributed by atoms with Crippen LogP contribution in [0.3, 0.4) is 0 Å². The van der Waals surface area contributed by atoms with E-state index in [9.17, 15) is 10.1 Å². The molecule has 7 heteroatoms. The predicted molar refractivity (Wildman–Crippen MR) is 109 cm³/mol. The van der Waals surface area contributed by atoms with Crippen LogP contribution in [0.2, 0.25) is 0 Å². The van der Waals surface area contributed by atoms with Crippen molar-refractivity contribution in [2.45, 2.75) is 0 Å². The third-order valence-electron chi connectivity index (χ3n) is 4.91. The Hall–Kier alpha value is -3.79. The highest BCUT2D eigenvalue weighted by Crippen LogP contribution is 2.27. The number of carbonyl (C=O) groups excluding carboxylic acids is 1. The van der Waals surface area contributed by atoms with Crippen molar-refractivity contribution in [1.29, 1.82) is 5.26 Å². The summed E-state index contributed by atoms with van der Waals surface area (Å²) in [6, 6.07) is 18.7. The van der Waals surface area contributed by atoms with Crippen LogP contribution in [0.15, 0.2) is 54.6 Å². The molecule has 1 saturated heterocycles. The van der Waals surface area contributed by atoms with Gasteiger partial charge in [0.1, 0.15) is 23.4 Å². The lowest BCUT2D eigenvalue weighted by atomic mass is 10.1. The number of pyridine rings is 1. The lowest BCUT2D eigenvalue weighted by Crippen LogP contribution is -2.50. The first-order chi connectivity index (χ1) is 14.2. The summed E-state index contributed by atoms with van der Waals surface area (Å²) in [7, 11) is 1.61. The van der Waals surface area contributed by atoms with Gasteiger partial charge in [-0.1, -0.05) is 18.2 Å². The summed E-state index contributed by atoms with van der Waals surface area (Å²) >= 11 is 0. The molecule has 146 valence electrons. The van der Waals surface area contributed by atoms with E-state index in [0.717, 1.165) is 16.7 Å². The lowest BCUT2D eigenvalue weighted by Gasteiger charge is -2.35. The Balaban J connectivity index is 1.48. The summed E-state index contributed by atoms with van der Waals surface area (Å²) in [4.78, 5) is 20.8. The van der Waals surface area contributed by atoms with Gasteiger partial charge in [-0.15, -0.1) is 0 Å². The van der Waals surface area contributed by atoms with Gasteiger partial charge in [-0.3, -0.25) is 0 Å². The van der Waals surface area contributed by atoms with Crippen molar-refractivity contribution in [2.75, 3.05) is 38.2 Å². The highest BCUT2D eigenvalue weighted by molar-refractivity contribution is 5.84. The molecule has 2 aromatic carbocycles. The minimum absolute atomic E-state index is 0.366. The van der Waals surface area contributed by atoms with Crippen molar-refractivity contribution < 1.29 is 14.3 Å². The number of carbonyl (C=O) groups is 1. The van der Waals surface area contributed by atoms with E-state index < -0.39 is 0 Å². The molecule has 1 aliphatic heterocycles. The maximum absolute atomic E-state index is 12.4. The van der Waals surface area contributed by atoms with E-state index in [1.165, 1.54) is 0 Å². The molecule has 2 heterocycles. The monoisotopic (exact) mass is 388 g/mol. The van der Waals surface area contributed by atoms with Gasteiger partial charge in [-0.2, -0.15) is 5.26 Å². The smallest absolute Gasteiger partial charge is 0.415 e. The molecular formula is C22H20N4O3. The molecule has 29 heavy (non-hydrogen) atoms. The van der Waals surface area contributed by atoms with Crippen molar-refractivity contribution >= 4 is 22.8 Å². The Morgan fingerprint density at radius 1 is 1.03 bits per heavy atom. The zero-order valence-electron chi connectivity index (χ0n) is 16.0. The van der Waals surface area contributed by atoms with Gasteiger partial charge in [0.05, 0.1) is 18.2 Å². The van der Waals surface area contributed by atoms with E-state index >= 15 is 0 Å². The number of methoxy groups -OCH3 is 1. The van der Waals surface area contributed by atoms with E-state index in [1.807, 2.05) is 47.4 Å². The number of hydrogen-bond donors (Lipinski definition) is 0. The molecule has 0 unspecified atom stereocenters. The fourth-order valence-corrected chi connectivity index (χ4v) is 3.35. The number of fused-ring (bicyclic) bond motifs is 1. The molecule has 1 aliphatic rings. The number of piperazine rings is 1. The molecule has 0 bridgehead atoms. The lowest BCUT2D eigenvalue weighted by molar-refractivity contribution is 0.149. The third-order valence-corrected chi connectivity index (χ3v) is 4.91. The average Bonchev–Trinajstić information content (AvgIpc) is 2.78. The first-order valence-electron chi connectivity index (χ1n) is 9.33. The van der Waals surface area contributed by atoms with E-state index in [1.54, 1.807) is 24.1 Å². The number of amides is 1. The van der Waals surface area contributed by atoms with Crippen LogP contribution < -0.4 is 14.4 Å². The fraction of sp³-hybridized carbons (Fsp3) is 0.227. The van der Waals surface area contributed by atoms with Gasteiger partial charge in [-0.05, 0) is 36.4 Å². The zero-order chi connectivity index (χ0) is 20.2. The Morgan fingerprint density at radius 2 is 1.79 bits per heavy atom. The van der Waals surface area contributed by atoms with Crippen LogP contribution in [0.5, 0.6) is 11.5 Å². The van der Waals surface area contributed by atoms with Crippen LogP contribution >= 0.6 is 0 Å². The molecule has 0 spiro atoms. The molecule has 1 amide bonds. The maximum atomic E-state index is 12.4. The molecule has 0 N–H and O–H groups in total. The van der Waals surface area contributed by atoms with Crippen LogP contribution in [0.4, 0.5) is 10.6 Å². The van der Waals surface area contributed by atoms with Gasteiger partial charge in [0.15, 0.2) is 0 Å². The summed E-state index contributed by atoms with van der Waals surface area (Å²) in [6.07, 6.45) is -0.366. The number of para-hydroxylation sites is 1. The van der Waals surface area contributed by atoms with E-state index in [2.05, 4.69) is 6.07 Å². The van der Waals surface area contributed by atoms with Gasteiger partial charge in [0.25, 0.3) is 0 Å². The second-order valence-corrected chi connectivity index (χ2v) is 6.69. The number of nitrogens with zero attached hydrogens (tertiary/aromatic N) is 4. The summed E-state index contributed by atoms with van der Waals surface area (Å²) < 4.78 is 10.7. The molecule has 1 fully saturated rings. The molecule has 7 nitrogen and oxygen atoms in total. The highest BCUT2D eigenvalue weighted by atomic mass is 16.6. The number of nitriles is 1. The third kappa shape index (κ3) is 3.92. The molecule has 0 saturated carbocycles. The first kappa shape index (κ1) is 18.6. The first-order valence-corrected chi connectivity index (χ1v) is 9.33. The van der Waals surface area contributed by atoms with Crippen LogP contribution in [-0.2, 0) is 0 Å². The molecule has 0 aliphatic carbocycles. The number of anilines is 1. The second-order valence-electron chi connectivity index (χ2n) is 6.69. The standard InChI is InChI=1S/C22H20N4O3/c1-28-19-7-8-20-16(14-19)13-17(15-23)21(24-20)25-9-11-26(12-10-25)22(27)29-18-5-3-2-4-6-18/h2-8,13-14H,9-12H2,1H3. The van der Waals surface area contributed by atoms with E-state index in [-0.39, 0.29) is 6.09 Å². The van der Waals surface area contributed by atoms with Crippen molar-refractivity contribution in [3.05, 3.63) is 60.2 Å². The minimum atomic E-state index is -0.366. The zero-order valence-corrected chi connectivity index (χ0v) is 16.0. The minimum Gasteiger partial charge on any atom is -0.497 e. The average molecular weight is 388 g/mol. The Morgan fingerprint density at radius 3 is 2.48 bits per heavy atom. The predicted octanol–water partition coefficient (Wildman–Crippen LogP) is 3.44. The molecule has 1 aromatic heterocycles. The Labute approximate surface area is 168 Å². The molecular weight excluding hydrogens is 368 g/mol. The SMILES string of the molecule is COc1ccc2nc(N3CCN(C(=O)Oc4ccccc4)CC3)c(C#N)cc2c1. The molecule has 4 rings (SSSR count). The summed E-state index contributed by atoms with van der Waals surface area (Å²) in [5.74, 6) is 1.89. The van der Waals surface area contributed by atoms with Crippen LogP contribution in [0.1, 0.15) is 5.56 Å². The summed E-state index contributed by atoms with van der Waals surface area (Å²) in [6.45, 7) is 2.15. The van der Waals surface area contributed by atoms with Crippen molar-refractivity contribution in [1.82, 2.24) is 9.88 Å².